The van der Waals surface area contributed by atoms with E-state index in [9.17, 15) is 0 Å². The Morgan fingerprint density at radius 2 is 2.60 bits per heavy atom. The molecule has 0 aromatic carbocycles. The smallest absolute Gasteiger partial charge is 0.174 e. The van der Waals surface area contributed by atoms with Crippen molar-refractivity contribution in [1.82, 2.24) is 5.16 Å². The van der Waals surface area contributed by atoms with Crippen LogP contribution in [0.1, 0.15) is 12.5 Å². The molecule has 0 unspecified atom stereocenters. The van der Waals surface area contributed by atoms with Gasteiger partial charge in [-0.3, -0.25) is 0 Å². The van der Waals surface area contributed by atoms with Gasteiger partial charge in [0, 0.05) is 5.03 Å². The van der Waals surface area contributed by atoms with Crippen LogP contribution >= 0.6 is 11.6 Å². The molecule has 0 atom stereocenters. The second-order valence-corrected chi connectivity index (χ2v) is 2.48. The van der Waals surface area contributed by atoms with Crippen molar-refractivity contribution < 1.29 is 4.52 Å². The Hall–Kier alpha value is -0.960. The lowest BCUT2D eigenvalue weighted by Gasteiger charge is -1.85. The van der Waals surface area contributed by atoms with Crippen molar-refractivity contribution in [2.75, 3.05) is 5.73 Å². The highest BCUT2D eigenvalue weighted by atomic mass is 35.5. The van der Waals surface area contributed by atoms with E-state index in [4.69, 9.17) is 17.3 Å². The van der Waals surface area contributed by atoms with Crippen molar-refractivity contribution in [2.45, 2.75) is 6.92 Å². The predicted octanol–water partition coefficient (Wildman–Crippen LogP) is 1.86. The maximum atomic E-state index is 5.58. The first kappa shape index (κ1) is 7.15. The van der Waals surface area contributed by atoms with Crippen LogP contribution in [0.15, 0.2) is 15.8 Å². The van der Waals surface area contributed by atoms with Crippen molar-refractivity contribution in [3.05, 3.63) is 16.9 Å². The van der Waals surface area contributed by atoms with E-state index < -0.39 is 0 Å². The van der Waals surface area contributed by atoms with Gasteiger partial charge in [-0.25, -0.2) is 0 Å². The highest BCUT2D eigenvalue weighted by Crippen LogP contribution is 2.14. The molecule has 0 fully saturated rings. The third kappa shape index (κ3) is 1.51. The van der Waals surface area contributed by atoms with E-state index in [0.29, 0.717) is 16.4 Å². The normalized spacial score (nSPS) is 12.0. The molecule has 0 aliphatic carbocycles. The zero-order valence-electron chi connectivity index (χ0n) is 5.47. The van der Waals surface area contributed by atoms with E-state index >= 15 is 0 Å². The molecule has 1 aromatic heterocycles. The summed E-state index contributed by atoms with van der Waals surface area (Å²) in [5.41, 5.74) is 6.10. The maximum Gasteiger partial charge on any atom is 0.174 e. The summed E-state index contributed by atoms with van der Waals surface area (Å²) in [4.78, 5) is 0. The Balaban J connectivity index is 2.95. The van der Waals surface area contributed by atoms with Gasteiger partial charge in [-0.2, -0.15) is 0 Å². The van der Waals surface area contributed by atoms with Gasteiger partial charge in [-0.05, 0) is 13.0 Å². The summed E-state index contributed by atoms with van der Waals surface area (Å²) in [7, 11) is 0. The lowest BCUT2D eigenvalue weighted by atomic mass is 10.3. The summed E-state index contributed by atoms with van der Waals surface area (Å²) in [6.07, 6.45) is 3.13. The van der Waals surface area contributed by atoms with Gasteiger partial charge in [0.25, 0.3) is 0 Å². The molecule has 3 nitrogen and oxygen atoms in total. The van der Waals surface area contributed by atoms with Crippen molar-refractivity contribution in [3.63, 3.8) is 0 Å². The molecule has 0 amide bonds. The molecule has 1 rings (SSSR count). The Morgan fingerprint density at radius 3 is 3.00 bits per heavy atom. The Labute approximate surface area is 63.4 Å². The molecule has 0 aliphatic rings. The van der Waals surface area contributed by atoms with Crippen LogP contribution in [-0.2, 0) is 0 Å². The molecule has 0 saturated carbocycles. The van der Waals surface area contributed by atoms with Crippen LogP contribution < -0.4 is 5.73 Å². The summed E-state index contributed by atoms with van der Waals surface area (Å²) >= 11 is 5.58. The van der Waals surface area contributed by atoms with Gasteiger partial charge >= 0.3 is 0 Å². The van der Waals surface area contributed by atoms with Crippen molar-refractivity contribution in [2.24, 2.45) is 0 Å². The average molecular weight is 159 g/mol. The number of aromatic nitrogens is 1. The summed E-state index contributed by atoms with van der Waals surface area (Å²) < 4.78 is 4.57. The average Bonchev–Trinajstić information content (AvgIpc) is 2.15. The Kier molecular flexibility index (Phi) is 1.97. The van der Waals surface area contributed by atoms with Gasteiger partial charge in [0.1, 0.15) is 6.26 Å². The standard InChI is InChI=1S/C6H7ClN2O/c1-4(7)2-5-3-10-9-6(5)8/h2-3H,1H3,(H2,8,9). The highest BCUT2D eigenvalue weighted by molar-refractivity contribution is 6.31. The van der Waals surface area contributed by atoms with Crippen LogP contribution in [0.4, 0.5) is 5.82 Å². The first-order chi connectivity index (χ1) is 4.70. The molecule has 0 saturated heterocycles. The molecular formula is C6H7ClN2O. The van der Waals surface area contributed by atoms with Gasteiger partial charge in [-0.15, -0.1) is 0 Å². The number of nitrogen functional groups attached to an aromatic ring is 1. The van der Waals surface area contributed by atoms with Crippen LogP contribution in [0, 0.1) is 0 Å². The van der Waals surface area contributed by atoms with Gasteiger partial charge in [-0.1, -0.05) is 16.8 Å². The minimum Gasteiger partial charge on any atom is -0.380 e. The van der Waals surface area contributed by atoms with Gasteiger partial charge in [0.05, 0.1) is 5.56 Å². The monoisotopic (exact) mass is 158 g/mol. The fraction of sp³-hybridized carbons (Fsp3) is 0.167. The van der Waals surface area contributed by atoms with E-state index in [1.165, 1.54) is 6.26 Å². The van der Waals surface area contributed by atoms with Crippen LogP contribution in [0.3, 0.4) is 0 Å². The molecule has 0 spiro atoms. The molecule has 2 N–H and O–H groups in total. The maximum absolute atomic E-state index is 5.58. The minimum atomic E-state index is 0.361. The first-order valence-electron chi connectivity index (χ1n) is 2.74. The number of rotatable bonds is 1. The number of allylic oxidation sites excluding steroid dienone is 1. The second kappa shape index (κ2) is 2.75. The summed E-state index contributed by atoms with van der Waals surface area (Å²) in [5.74, 6) is 0.361. The third-order valence-electron chi connectivity index (χ3n) is 0.981. The second-order valence-electron chi connectivity index (χ2n) is 1.89. The molecule has 4 heteroatoms. The quantitative estimate of drug-likeness (QED) is 0.679. The molecule has 1 heterocycles. The number of nitrogens with two attached hydrogens (primary N) is 1. The summed E-state index contributed by atoms with van der Waals surface area (Å²) in [6, 6.07) is 0. The van der Waals surface area contributed by atoms with E-state index in [1.54, 1.807) is 13.0 Å². The van der Waals surface area contributed by atoms with Crippen LogP contribution in [0.25, 0.3) is 6.08 Å². The predicted molar refractivity (Wildman–Crippen MR) is 40.4 cm³/mol. The number of nitrogens with zero attached hydrogens (tertiary/aromatic N) is 1. The van der Waals surface area contributed by atoms with Crippen molar-refractivity contribution >= 4 is 23.5 Å². The fourth-order valence-corrected chi connectivity index (χ4v) is 0.693. The van der Waals surface area contributed by atoms with Gasteiger partial charge in [0.2, 0.25) is 0 Å². The van der Waals surface area contributed by atoms with Crippen molar-refractivity contribution in [3.8, 4) is 0 Å². The summed E-state index contributed by atoms with van der Waals surface area (Å²) in [5, 5.41) is 4.12. The van der Waals surface area contributed by atoms with E-state index in [0.717, 1.165) is 0 Å². The molecule has 1 aromatic rings. The number of anilines is 1. The van der Waals surface area contributed by atoms with Gasteiger partial charge in [0.15, 0.2) is 5.82 Å². The van der Waals surface area contributed by atoms with E-state index in [-0.39, 0.29) is 0 Å². The Morgan fingerprint density at radius 1 is 1.90 bits per heavy atom. The van der Waals surface area contributed by atoms with E-state index in [1.807, 2.05) is 0 Å². The Bertz CT molecular complexity index is 250. The zero-order chi connectivity index (χ0) is 7.56. The summed E-state index contributed by atoms with van der Waals surface area (Å²) in [6.45, 7) is 1.76. The van der Waals surface area contributed by atoms with Crippen molar-refractivity contribution in [1.29, 1.82) is 0 Å². The lowest BCUT2D eigenvalue weighted by molar-refractivity contribution is 0.423. The number of halogens is 1. The highest BCUT2D eigenvalue weighted by Gasteiger charge is 1.98. The van der Waals surface area contributed by atoms with Gasteiger partial charge < -0.3 is 10.3 Å². The molecule has 54 valence electrons. The minimum absolute atomic E-state index is 0.361. The number of hydrogen-bond acceptors (Lipinski definition) is 3. The molecular weight excluding hydrogens is 152 g/mol. The number of hydrogen-bond donors (Lipinski definition) is 1. The van der Waals surface area contributed by atoms with Crippen LogP contribution in [-0.4, -0.2) is 5.16 Å². The molecule has 10 heavy (non-hydrogen) atoms. The fourth-order valence-electron chi connectivity index (χ4n) is 0.575. The zero-order valence-corrected chi connectivity index (χ0v) is 6.22. The topological polar surface area (TPSA) is 52.0 Å². The SMILES string of the molecule is CC(Cl)=Cc1conc1N. The van der Waals surface area contributed by atoms with Crippen LogP contribution in [0.5, 0.6) is 0 Å². The lowest BCUT2D eigenvalue weighted by Crippen LogP contribution is -1.85. The molecule has 0 aliphatic heterocycles. The molecule has 0 bridgehead atoms. The third-order valence-corrected chi connectivity index (χ3v) is 1.09. The van der Waals surface area contributed by atoms with Crippen LogP contribution in [0.2, 0.25) is 0 Å². The first-order valence-corrected chi connectivity index (χ1v) is 3.11. The molecule has 0 radical (unpaired) electrons. The largest absolute Gasteiger partial charge is 0.380 e. The van der Waals surface area contributed by atoms with E-state index in [2.05, 4.69) is 9.68 Å².